The van der Waals surface area contributed by atoms with E-state index in [9.17, 15) is 5.26 Å². The second kappa shape index (κ2) is 6.43. The summed E-state index contributed by atoms with van der Waals surface area (Å²) in [4.78, 5) is 0. The van der Waals surface area contributed by atoms with Gasteiger partial charge in [-0.25, -0.2) is 0 Å². The number of rotatable bonds is 2. The molecule has 0 spiro atoms. The summed E-state index contributed by atoms with van der Waals surface area (Å²) in [6.07, 6.45) is 1.97. The van der Waals surface area contributed by atoms with Gasteiger partial charge < -0.3 is 0 Å². The van der Waals surface area contributed by atoms with Crippen LogP contribution in [0, 0.1) is 11.3 Å². The molecule has 0 aliphatic rings. The number of nitrogens with zero attached hydrogens (tertiary/aromatic N) is 1. The molecule has 0 unspecified atom stereocenters. The summed E-state index contributed by atoms with van der Waals surface area (Å²) in [6, 6.07) is 28.4. The quantitative estimate of drug-likeness (QED) is 0.226. The highest BCUT2D eigenvalue weighted by Crippen LogP contribution is 2.32. The molecule has 4 aromatic carbocycles. The highest BCUT2D eigenvalue weighted by atomic mass is 35.5. The van der Waals surface area contributed by atoms with Crippen molar-refractivity contribution in [1.29, 1.82) is 5.26 Å². The Labute approximate surface area is 151 Å². The Morgan fingerprint density at radius 3 is 2.04 bits per heavy atom. The Morgan fingerprint density at radius 1 is 0.800 bits per heavy atom. The van der Waals surface area contributed by atoms with E-state index in [4.69, 9.17) is 11.6 Å². The van der Waals surface area contributed by atoms with Crippen LogP contribution in [0.2, 0.25) is 5.02 Å². The van der Waals surface area contributed by atoms with Crippen LogP contribution >= 0.6 is 11.6 Å². The van der Waals surface area contributed by atoms with E-state index < -0.39 is 0 Å². The van der Waals surface area contributed by atoms with Crippen molar-refractivity contribution in [2.75, 3.05) is 0 Å². The second-order valence-corrected chi connectivity index (χ2v) is 6.35. The monoisotopic (exact) mass is 339 g/mol. The van der Waals surface area contributed by atoms with Crippen molar-refractivity contribution in [3.05, 3.63) is 95.0 Å². The largest absolute Gasteiger partial charge is 0.192 e. The lowest BCUT2D eigenvalue weighted by Crippen LogP contribution is -1.86. The Balaban J connectivity index is 2.05. The first-order chi connectivity index (χ1) is 12.3. The first kappa shape index (κ1) is 15.4. The summed E-state index contributed by atoms with van der Waals surface area (Å²) in [5.74, 6) is 0. The minimum Gasteiger partial charge on any atom is -0.192 e. The summed E-state index contributed by atoms with van der Waals surface area (Å²) < 4.78 is 0. The molecule has 0 aliphatic carbocycles. The number of hydrogen-bond acceptors (Lipinski definition) is 1. The van der Waals surface area contributed by atoms with E-state index in [0.29, 0.717) is 10.6 Å². The smallest absolute Gasteiger partial charge is 0.0998 e. The Kier molecular flexibility index (Phi) is 3.98. The van der Waals surface area contributed by atoms with Gasteiger partial charge in [-0.05, 0) is 56.9 Å². The Hall–Kier alpha value is -3.08. The SMILES string of the molecule is N#CC(=Cc1c2ccccc2cc2ccccc12)c1cccc(Cl)c1. The summed E-state index contributed by atoms with van der Waals surface area (Å²) in [5.41, 5.74) is 2.49. The van der Waals surface area contributed by atoms with Gasteiger partial charge in [0.25, 0.3) is 0 Å². The number of allylic oxidation sites excluding steroid dienone is 1. The number of benzene rings is 4. The predicted octanol–water partition coefficient (Wildman–Crippen LogP) is 6.71. The molecule has 0 fully saturated rings. The molecule has 0 saturated heterocycles. The van der Waals surface area contributed by atoms with Gasteiger partial charge >= 0.3 is 0 Å². The molecule has 4 rings (SSSR count). The molecule has 0 amide bonds. The molecule has 118 valence electrons. The molecule has 0 aromatic heterocycles. The van der Waals surface area contributed by atoms with E-state index in [0.717, 1.165) is 32.7 Å². The van der Waals surface area contributed by atoms with E-state index in [1.165, 1.54) is 0 Å². The van der Waals surface area contributed by atoms with Crippen LogP contribution < -0.4 is 0 Å². The molecule has 0 aliphatic heterocycles. The maximum Gasteiger partial charge on any atom is 0.0998 e. The molecule has 0 heterocycles. The fourth-order valence-electron chi connectivity index (χ4n) is 3.18. The highest BCUT2D eigenvalue weighted by molar-refractivity contribution is 6.30. The van der Waals surface area contributed by atoms with Crippen molar-refractivity contribution in [2.24, 2.45) is 0 Å². The highest BCUT2D eigenvalue weighted by Gasteiger charge is 2.08. The summed E-state index contributed by atoms with van der Waals surface area (Å²) in [5, 5.41) is 14.9. The maximum atomic E-state index is 9.71. The molecule has 25 heavy (non-hydrogen) atoms. The number of fused-ring (bicyclic) bond motifs is 2. The summed E-state index contributed by atoms with van der Waals surface area (Å²) in [7, 11) is 0. The van der Waals surface area contributed by atoms with Crippen LogP contribution in [0.25, 0.3) is 33.2 Å². The Morgan fingerprint density at radius 2 is 1.44 bits per heavy atom. The van der Waals surface area contributed by atoms with Gasteiger partial charge in [-0.1, -0.05) is 72.3 Å². The van der Waals surface area contributed by atoms with E-state index in [-0.39, 0.29) is 0 Å². The topological polar surface area (TPSA) is 23.8 Å². The summed E-state index contributed by atoms with van der Waals surface area (Å²) in [6.45, 7) is 0. The number of nitriles is 1. The first-order valence-corrected chi connectivity index (χ1v) is 8.42. The fourth-order valence-corrected chi connectivity index (χ4v) is 3.38. The van der Waals surface area contributed by atoms with Crippen LogP contribution in [0.15, 0.2) is 78.9 Å². The molecule has 0 radical (unpaired) electrons. The standard InChI is InChI=1S/C23H14ClN/c24-20-9-5-8-16(13-20)19(15-25)14-23-21-10-3-1-6-17(21)12-18-7-2-4-11-22(18)23/h1-14H. The average molecular weight is 340 g/mol. The van der Waals surface area contributed by atoms with Crippen molar-refractivity contribution in [3.8, 4) is 6.07 Å². The molecule has 0 atom stereocenters. The van der Waals surface area contributed by atoms with Gasteiger partial charge in [0.15, 0.2) is 0 Å². The molecule has 4 aromatic rings. The fraction of sp³-hybridized carbons (Fsp3) is 0. The molecule has 0 bridgehead atoms. The first-order valence-electron chi connectivity index (χ1n) is 8.04. The Bertz CT molecular complexity index is 1110. The lowest BCUT2D eigenvalue weighted by Gasteiger charge is -2.09. The summed E-state index contributed by atoms with van der Waals surface area (Å²) >= 11 is 6.10. The molecule has 0 N–H and O–H groups in total. The maximum absolute atomic E-state index is 9.71. The molecule has 0 saturated carbocycles. The van der Waals surface area contributed by atoms with Gasteiger partial charge in [-0.15, -0.1) is 0 Å². The second-order valence-electron chi connectivity index (χ2n) is 5.91. The zero-order valence-corrected chi connectivity index (χ0v) is 14.2. The van der Waals surface area contributed by atoms with E-state index >= 15 is 0 Å². The van der Waals surface area contributed by atoms with Crippen molar-refractivity contribution >= 4 is 44.8 Å². The van der Waals surface area contributed by atoms with Crippen LogP contribution in [0.1, 0.15) is 11.1 Å². The van der Waals surface area contributed by atoms with Gasteiger partial charge in [0, 0.05) is 5.02 Å². The third-order valence-corrected chi connectivity index (χ3v) is 4.59. The van der Waals surface area contributed by atoms with Gasteiger partial charge in [-0.2, -0.15) is 5.26 Å². The minimum absolute atomic E-state index is 0.601. The van der Waals surface area contributed by atoms with Crippen LogP contribution in [-0.4, -0.2) is 0 Å². The zero-order chi connectivity index (χ0) is 17.2. The molecule has 1 nitrogen and oxygen atoms in total. The van der Waals surface area contributed by atoms with Crippen LogP contribution in [-0.2, 0) is 0 Å². The van der Waals surface area contributed by atoms with Gasteiger partial charge in [-0.3, -0.25) is 0 Å². The predicted molar refractivity (Wildman–Crippen MR) is 106 cm³/mol. The number of halogens is 1. The minimum atomic E-state index is 0.601. The molecule has 2 heteroatoms. The lowest BCUT2D eigenvalue weighted by atomic mass is 9.94. The van der Waals surface area contributed by atoms with Gasteiger partial charge in [0.1, 0.15) is 0 Å². The third kappa shape index (κ3) is 2.89. The third-order valence-electron chi connectivity index (χ3n) is 4.36. The van der Waals surface area contributed by atoms with Crippen LogP contribution in [0.4, 0.5) is 0 Å². The van der Waals surface area contributed by atoms with Crippen LogP contribution in [0.5, 0.6) is 0 Å². The van der Waals surface area contributed by atoms with Crippen molar-refractivity contribution in [2.45, 2.75) is 0 Å². The van der Waals surface area contributed by atoms with Crippen molar-refractivity contribution in [1.82, 2.24) is 0 Å². The van der Waals surface area contributed by atoms with Gasteiger partial charge in [0.2, 0.25) is 0 Å². The lowest BCUT2D eigenvalue weighted by molar-refractivity contribution is 1.52. The van der Waals surface area contributed by atoms with Crippen molar-refractivity contribution < 1.29 is 0 Å². The van der Waals surface area contributed by atoms with Gasteiger partial charge in [0.05, 0.1) is 11.6 Å². The normalized spacial score (nSPS) is 11.6. The van der Waals surface area contributed by atoms with E-state index in [1.807, 2.05) is 54.6 Å². The van der Waals surface area contributed by atoms with E-state index in [2.05, 4.69) is 36.4 Å². The van der Waals surface area contributed by atoms with E-state index in [1.54, 1.807) is 0 Å². The number of hydrogen-bond donors (Lipinski definition) is 0. The van der Waals surface area contributed by atoms with Crippen LogP contribution in [0.3, 0.4) is 0 Å². The average Bonchev–Trinajstić information content (AvgIpc) is 2.65. The van der Waals surface area contributed by atoms with Crippen molar-refractivity contribution in [3.63, 3.8) is 0 Å². The zero-order valence-electron chi connectivity index (χ0n) is 13.4. The molecular weight excluding hydrogens is 326 g/mol. The molecular formula is C23H14ClN.